The molecule has 0 aliphatic heterocycles. The molecule has 0 atom stereocenters. The van der Waals surface area contributed by atoms with Crippen LogP contribution in [0.4, 0.5) is 0 Å². The van der Waals surface area contributed by atoms with Gasteiger partial charge < -0.3 is 5.11 Å². The Morgan fingerprint density at radius 2 is 1.95 bits per heavy atom. The molecule has 4 nitrogen and oxygen atoms in total. The number of carboxylic acids is 1. The van der Waals surface area contributed by atoms with Crippen LogP contribution in [0.3, 0.4) is 0 Å². The lowest BCUT2D eigenvalue weighted by molar-refractivity contribution is 0.0694. The second kappa shape index (κ2) is 5.90. The second-order valence-electron chi connectivity index (χ2n) is 5.27. The number of rotatable bonds is 5. The summed E-state index contributed by atoms with van der Waals surface area (Å²) in [6.07, 6.45) is 1.32. The van der Waals surface area contributed by atoms with Gasteiger partial charge in [-0.15, -0.1) is 0 Å². The Bertz CT molecular complexity index is 600. The molecule has 0 amide bonds. The van der Waals surface area contributed by atoms with Gasteiger partial charge in [0.25, 0.3) is 0 Å². The number of benzene rings is 1. The number of aromatic carboxylic acids is 1. The fourth-order valence-electron chi connectivity index (χ4n) is 2.39. The molecule has 0 aliphatic carbocycles. The molecule has 0 saturated heterocycles. The van der Waals surface area contributed by atoms with E-state index >= 15 is 0 Å². The summed E-state index contributed by atoms with van der Waals surface area (Å²) in [5.41, 5.74) is 2.71. The highest BCUT2D eigenvalue weighted by Crippen LogP contribution is 2.22. The van der Waals surface area contributed by atoms with Gasteiger partial charge in [-0.1, -0.05) is 39.0 Å². The third-order valence-electron chi connectivity index (χ3n) is 3.20. The van der Waals surface area contributed by atoms with E-state index in [1.807, 2.05) is 37.3 Å². The minimum Gasteiger partial charge on any atom is -0.478 e. The number of carboxylic acid groups (broad SMARTS) is 1. The van der Waals surface area contributed by atoms with Gasteiger partial charge in [0.2, 0.25) is 0 Å². The molecule has 20 heavy (non-hydrogen) atoms. The average molecular weight is 272 g/mol. The Kier molecular flexibility index (Phi) is 4.23. The topological polar surface area (TPSA) is 55.1 Å². The van der Waals surface area contributed by atoms with Crippen LogP contribution in [-0.4, -0.2) is 20.9 Å². The maximum Gasteiger partial charge on any atom is 0.339 e. The van der Waals surface area contributed by atoms with Gasteiger partial charge in [-0.3, -0.25) is 0 Å². The second-order valence-corrected chi connectivity index (χ2v) is 5.27. The first-order chi connectivity index (χ1) is 9.54. The van der Waals surface area contributed by atoms with E-state index in [2.05, 4.69) is 18.9 Å². The van der Waals surface area contributed by atoms with Crippen molar-refractivity contribution in [1.29, 1.82) is 0 Å². The molecule has 1 N–H and O–H groups in total. The molecule has 4 heteroatoms. The third kappa shape index (κ3) is 2.74. The highest BCUT2D eigenvalue weighted by Gasteiger charge is 2.23. The molecule has 0 aliphatic rings. The van der Waals surface area contributed by atoms with Crippen LogP contribution in [-0.2, 0) is 12.8 Å². The van der Waals surface area contributed by atoms with Crippen molar-refractivity contribution in [3.8, 4) is 5.69 Å². The lowest BCUT2D eigenvalue weighted by atomic mass is 10.0. The highest BCUT2D eigenvalue weighted by atomic mass is 16.4. The van der Waals surface area contributed by atoms with E-state index in [1.165, 1.54) is 0 Å². The van der Waals surface area contributed by atoms with Gasteiger partial charge in [-0.05, 0) is 30.9 Å². The lowest BCUT2D eigenvalue weighted by Crippen LogP contribution is -2.06. The van der Waals surface area contributed by atoms with Crippen LogP contribution in [0.25, 0.3) is 5.69 Å². The van der Waals surface area contributed by atoms with Crippen LogP contribution < -0.4 is 0 Å². The maximum atomic E-state index is 11.6. The van der Waals surface area contributed by atoms with Crippen molar-refractivity contribution in [2.24, 2.45) is 5.92 Å². The van der Waals surface area contributed by atoms with Crippen LogP contribution >= 0.6 is 0 Å². The fraction of sp³-hybridized carbons (Fsp3) is 0.375. The molecule has 0 fully saturated rings. The first-order valence-electron chi connectivity index (χ1n) is 6.94. The first kappa shape index (κ1) is 14.3. The molecule has 106 valence electrons. The zero-order valence-corrected chi connectivity index (χ0v) is 12.1. The predicted molar refractivity (Wildman–Crippen MR) is 78.4 cm³/mol. The Labute approximate surface area is 119 Å². The van der Waals surface area contributed by atoms with Crippen molar-refractivity contribution in [2.45, 2.75) is 33.6 Å². The summed E-state index contributed by atoms with van der Waals surface area (Å²) in [6.45, 7) is 6.10. The minimum atomic E-state index is -0.889. The number of hydrogen-bond acceptors (Lipinski definition) is 2. The van der Waals surface area contributed by atoms with E-state index in [1.54, 1.807) is 4.68 Å². The fourth-order valence-corrected chi connectivity index (χ4v) is 2.39. The average Bonchev–Trinajstić information content (AvgIpc) is 2.77. The van der Waals surface area contributed by atoms with Crippen molar-refractivity contribution in [2.75, 3.05) is 0 Å². The van der Waals surface area contributed by atoms with Gasteiger partial charge in [-0.2, -0.15) is 5.10 Å². The SMILES string of the molecule is CCc1c(C(=O)O)c(CC(C)C)nn1-c1ccccc1. The van der Waals surface area contributed by atoms with Crippen molar-refractivity contribution < 1.29 is 9.90 Å². The number of aromatic nitrogens is 2. The number of nitrogens with zero attached hydrogens (tertiary/aromatic N) is 2. The normalized spacial score (nSPS) is 11.0. The number of para-hydroxylation sites is 1. The zero-order valence-electron chi connectivity index (χ0n) is 12.1. The predicted octanol–water partition coefficient (Wildman–Crippen LogP) is 3.33. The van der Waals surface area contributed by atoms with Gasteiger partial charge in [-0.25, -0.2) is 9.48 Å². The molecule has 0 radical (unpaired) electrons. The van der Waals surface area contributed by atoms with E-state index in [9.17, 15) is 9.90 Å². The molecule has 0 unspecified atom stereocenters. The van der Waals surface area contributed by atoms with Gasteiger partial charge >= 0.3 is 5.97 Å². The standard InChI is InChI=1S/C16H20N2O2/c1-4-14-15(16(19)20)13(10-11(2)3)17-18(14)12-8-6-5-7-9-12/h5-9,11H,4,10H2,1-3H3,(H,19,20). The van der Waals surface area contributed by atoms with Crippen LogP contribution in [0.1, 0.15) is 42.5 Å². The van der Waals surface area contributed by atoms with Crippen LogP contribution in [0.5, 0.6) is 0 Å². The summed E-state index contributed by atoms with van der Waals surface area (Å²) in [5, 5.41) is 14.0. The van der Waals surface area contributed by atoms with Crippen molar-refractivity contribution in [3.05, 3.63) is 47.3 Å². The minimum absolute atomic E-state index is 0.366. The number of hydrogen-bond donors (Lipinski definition) is 1. The molecule has 1 heterocycles. The van der Waals surface area contributed by atoms with Crippen molar-refractivity contribution in [1.82, 2.24) is 9.78 Å². The van der Waals surface area contributed by atoms with Crippen LogP contribution in [0, 0.1) is 5.92 Å². The molecule has 0 saturated carbocycles. The van der Waals surface area contributed by atoms with Gasteiger partial charge in [0.15, 0.2) is 0 Å². The molecule has 0 bridgehead atoms. The summed E-state index contributed by atoms with van der Waals surface area (Å²) in [4.78, 5) is 11.6. The molecule has 1 aromatic carbocycles. The Morgan fingerprint density at radius 1 is 1.30 bits per heavy atom. The van der Waals surface area contributed by atoms with E-state index in [0.717, 1.165) is 11.4 Å². The van der Waals surface area contributed by atoms with E-state index in [4.69, 9.17) is 0 Å². The summed E-state index contributed by atoms with van der Waals surface area (Å²) >= 11 is 0. The summed E-state index contributed by atoms with van der Waals surface area (Å²) < 4.78 is 1.77. The monoisotopic (exact) mass is 272 g/mol. The maximum absolute atomic E-state index is 11.6. The van der Waals surface area contributed by atoms with E-state index < -0.39 is 5.97 Å². The van der Waals surface area contributed by atoms with Gasteiger partial charge in [0, 0.05) is 0 Å². The van der Waals surface area contributed by atoms with Gasteiger partial charge in [0.1, 0.15) is 5.56 Å². The van der Waals surface area contributed by atoms with Crippen LogP contribution in [0.2, 0.25) is 0 Å². The Balaban J connectivity index is 2.61. The smallest absolute Gasteiger partial charge is 0.339 e. The largest absolute Gasteiger partial charge is 0.478 e. The van der Waals surface area contributed by atoms with Gasteiger partial charge in [0.05, 0.1) is 17.1 Å². The Hall–Kier alpha value is -2.10. The lowest BCUT2D eigenvalue weighted by Gasteiger charge is -2.05. The van der Waals surface area contributed by atoms with Crippen molar-refractivity contribution >= 4 is 5.97 Å². The first-order valence-corrected chi connectivity index (χ1v) is 6.94. The molecule has 1 aromatic heterocycles. The molecular weight excluding hydrogens is 252 g/mol. The van der Waals surface area contributed by atoms with E-state index in [0.29, 0.717) is 30.0 Å². The third-order valence-corrected chi connectivity index (χ3v) is 3.20. The summed E-state index contributed by atoms with van der Waals surface area (Å²) in [5.74, 6) is -0.517. The Morgan fingerprint density at radius 3 is 2.45 bits per heavy atom. The molecule has 2 aromatic rings. The van der Waals surface area contributed by atoms with Crippen molar-refractivity contribution in [3.63, 3.8) is 0 Å². The summed E-state index contributed by atoms with van der Waals surface area (Å²) in [7, 11) is 0. The number of carbonyl (C=O) groups is 1. The molecule has 0 spiro atoms. The quantitative estimate of drug-likeness (QED) is 0.908. The zero-order chi connectivity index (χ0) is 14.7. The molecule has 2 rings (SSSR count). The highest BCUT2D eigenvalue weighted by molar-refractivity contribution is 5.90. The van der Waals surface area contributed by atoms with Crippen LogP contribution in [0.15, 0.2) is 30.3 Å². The summed E-state index contributed by atoms with van der Waals surface area (Å²) in [6, 6.07) is 9.68. The van der Waals surface area contributed by atoms with E-state index in [-0.39, 0.29) is 0 Å². The molecular formula is C16H20N2O2.